The molecule has 0 aromatic carbocycles. The van der Waals surface area contributed by atoms with Gasteiger partial charge in [0.15, 0.2) is 0 Å². The smallest absolute Gasteiger partial charge is 0.00708 e. The van der Waals surface area contributed by atoms with Crippen LogP contribution in [-0.2, 0) is 0 Å². The molecule has 0 aromatic heterocycles. The van der Waals surface area contributed by atoms with E-state index >= 15 is 0 Å². The molecule has 3 aliphatic carbocycles. The second-order valence-electron chi connectivity index (χ2n) is 5.92. The van der Waals surface area contributed by atoms with Crippen LogP contribution >= 0.6 is 0 Å². The van der Waals surface area contributed by atoms with Gasteiger partial charge in [0.05, 0.1) is 0 Å². The van der Waals surface area contributed by atoms with Gasteiger partial charge in [0.1, 0.15) is 0 Å². The van der Waals surface area contributed by atoms with Crippen LogP contribution in [0.3, 0.4) is 0 Å². The molecule has 1 N–H and O–H groups in total. The van der Waals surface area contributed by atoms with Crippen LogP contribution in [-0.4, -0.2) is 12.1 Å². The van der Waals surface area contributed by atoms with Crippen molar-refractivity contribution in [3.63, 3.8) is 0 Å². The highest BCUT2D eigenvalue weighted by Gasteiger charge is 2.38. The predicted octanol–water partition coefficient (Wildman–Crippen LogP) is 3.24. The summed E-state index contributed by atoms with van der Waals surface area (Å²) in [4.78, 5) is 0. The van der Waals surface area contributed by atoms with Crippen molar-refractivity contribution in [3.05, 3.63) is 0 Å². The van der Waals surface area contributed by atoms with Crippen molar-refractivity contribution in [1.82, 2.24) is 5.32 Å². The fourth-order valence-corrected chi connectivity index (χ4v) is 3.61. The Balaban J connectivity index is 1.50. The van der Waals surface area contributed by atoms with Gasteiger partial charge in [0.2, 0.25) is 0 Å². The van der Waals surface area contributed by atoms with Gasteiger partial charge in [-0.1, -0.05) is 12.8 Å². The Hall–Kier alpha value is -0.0400. The molecule has 3 fully saturated rings. The van der Waals surface area contributed by atoms with E-state index in [2.05, 4.69) is 5.32 Å². The van der Waals surface area contributed by atoms with Gasteiger partial charge in [-0.2, -0.15) is 0 Å². The monoisotopic (exact) mass is 193 g/mol. The molecule has 0 atom stereocenters. The second-order valence-corrected chi connectivity index (χ2v) is 5.92. The Kier molecular flexibility index (Phi) is 2.31. The van der Waals surface area contributed by atoms with Gasteiger partial charge in [-0.15, -0.1) is 0 Å². The molecule has 0 heterocycles. The topological polar surface area (TPSA) is 12.0 Å². The summed E-state index contributed by atoms with van der Waals surface area (Å²) in [7, 11) is 0. The Morgan fingerprint density at radius 1 is 0.714 bits per heavy atom. The zero-order valence-electron chi connectivity index (χ0n) is 9.23. The minimum atomic E-state index is 0.821. The summed E-state index contributed by atoms with van der Waals surface area (Å²) in [5.41, 5.74) is 0.821. The van der Waals surface area contributed by atoms with Crippen molar-refractivity contribution >= 4 is 0 Å². The Morgan fingerprint density at radius 3 is 1.86 bits per heavy atom. The minimum Gasteiger partial charge on any atom is -0.311 e. The zero-order chi connectivity index (χ0) is 9.43. The first-order valence-electron chi connectivity index (χ1n) is 6.62. The van der Waals surface area contributed by atoms with Crippen LogP contribution in [0.4, 0.5) is 0 Å². The summed E-state index contributed by atoms with van der Waals surface area (Å²) in [5.74, 6) is 0. The molecule has 1 heteroatoms. The fourth-order valence-electron chi connectivity index (χ4n) is 3.61. The molecule has 0 unspecified atom stereocenters. The van der Waals surface area contributed by atoms with Gasteiger partial charge in [-0.25, -0.2) is 0 Å². The maximum Gasteiger partial charge on any atom is 0.00708 e. The summed E-state index contributed by atoms with van der Waals surface area (Å²) in [6.45, 7) is 0. The molecule has 3 rings (SSSR count). The van der Waals surface area contributed by atoms with Crippen molar-refractivity contribution in [2.24, 2.45) is 5.41 Å². The van der Waals surface area contributed by atoms with Crippen LogP contribution < -0.4 is 5.32 Å². The van der Waals surface area contributed by atoms with Crippen LogP contribution in [0.5, 0.6) is 0 Å². The molecule has 1 nitrogen and oxygen atoms in total. The van der Waals surface area contributed by atoms with Crippen molar-refractivity contribution < 1.29 is 0 Å². The Morgan fingerprint density at radius 2 is 1.29 bits per heavy atom. The molecule has 0 aromatic rings. The average Bonchev–Trinajstić information content (AvgIpc) is 2.91. The largest absolute Gasteiger partial charge is 0.311 e. The highest BCUT2D eigenvalue weighted by molar-refractivity contribution is 4.93. The SMILES string of the molecule is C1CCC2(C1)CCC(NC1CC1)CC2. The quantitative estimate of drug-likeness (QED) is 0.710. The van der Waals surface area contributed by atoms with Gasteiger partial charge < -0.3 is 5.32 Å². The van der Waals surface area contributed by atoms with Crippen molar-refractivity contribution in [2.45, 2.75) is 76.3 Å². The van der Waals surface area contributed by atoms with E-state index in [0.717, 1.165) is 17.5 Å². The van der Waals surface area contributed by atoms with Crippen LogP contribution in [0.15, 0.2) is 0 Å². The fraction of sp³-hybridized carbons (Fsp3) is 1.00. The summed E-state index contributed by atoms with van der Waals surface area (Å²) in [5, 5.41) is 3.80. The molecular formula is C13H23N. The number of rotatable bonds is 2. The van der Waals surface area contributed by atoms with E-state index in [0.29, 0.717) is 0 Å². The van der Waals surface area contributed by atoms with Crippen molar-refractivity contribution in [2.75, 3.05) is 0 Å². The maximum absolute atomic E-state index is 3.80. The average molecular weight is 193 g/mol. The molecule has 0 amide bonds. The van der Waals surface area contributed by atoms with Gasteiger partial charge in [0, 0.05) is 12.1 Å². The Labute approximate surface area is 87.7 Å². The molecule has 3 aliphatic rings. The first kappa shape index (κ1) is 9.21. The lowest BCUT2D eigenvalue weighted by atomic mass is 9.71. The minimum absolute atomic E-state index is 0.821. The van der Waals surface area contributed by atoms with Crippen LogP contribution in [0.25, 0.3) is 0 Å². The molecule has 0 aliphatic heterocycles. The van der Waals surface area contributed by atoms with Crippen LogP contribution in [0.1, 0.15) is 64.2 Å². The molecule has 14 heavy (non-hydrogen) atoms. The van der Waals surface area contributed by atoms with Gasteiger partial charge in [0.25, 0.3) is 0 Å². The molecule has 0 bridgehead atoms. The lowest BCUT2D eigenvalue weighted by Crippen LogP contribution is -2.37. The van der Waals surface area contributed by atoms with Crippen LogP contribution in [0, 0.1) is 5.41 Å². The first-order valence-corrected chi connectivity index (χ1v) is 6.62. The third-order valence-corrected chi connectivity index (χ3v) is 4.76. The van der Waals surface area contributed by atoms with E-state index in [1.54, 1.807) is 12.8 Å². The van der Waals surface area contributed by atoms with Crippen molar-refractivity contribution in [1.29, 1.82) is 0 Å². The van der Waals surface area contributed by atoms with E-state index < -0.39 is 0 Å². The normalized spacial score (nSPS) is 32.6. The lowest BCUT2D eigenvalue weighted by molar-refractivity contribution is 0.168. The standard InChI is InChI=1S/C13H23N/c1-2-8-13(7-1)9-5-12(6-10-13)14-11-3-4-11/h11-12,14H,1-10H2. The number of hydrogen-bond donors (Lipinski definition) is 1. The van der Waals surface area contributed by atoms with E-state index in [-0.39, 0.29) is 0 Å². The van der Waals surface area contributed by atoms with Gasteiger partial charge in [-0.3, -0.25) is 0 Å². The Bertz CT molecular complexity index is 191. The summed E-state index contributed by atoms with van der Waals surface area (Å²) >= 11 is 0. The molecule has 0 radical (unpaired) electrons. The van der Waals surface area contributed by atoms with E-state index in [1.165, 1.54) is 51.4 Å². The third kappa shape index (κ3) is 1.84. The third-order valence-electron chi connectivity index (χ3n) is 4.76. The van der Waals surface area contributed by atoms with E-state index in [9.17, 15) is 0 Å². The van der Waals surface area contributed by atoms with Gasteiger partial charge >= 0.3 is 0 Å². The van der Waals surface area contributed by atoms with E-state index in [4.69, 9.17) is 0 Å². The molecule has 80 valence electrons. The lowest BCUT2D eigenvalue weighted by Gasteiger charge is -2.37. The van der Waals surface area contributed by atoms with Crippen molar-refractivity contribution in [3.8, 4) is 0 Å². The molecule has 1 spiro atoms. The molecular weight excluding hydrogens is 170 g/mol. The number of nitrogens with one attached hydrogen (secondary N) is 1. The summed E-state index contributed by atoms with van der Waals surface area (Å²) < 4.78 is 0. The highest BCUT2D eigenvalue weighted by atomic mass is 15.0. The van der Waals surface area contributed by atoms with E-state index in [1.807, 2.05) is 0 Å². The second kappa shape index (κ2) is 3.52. The molecule has 3 saturated carbocycles. The van der Waals surface area contributed by atoms with Crippen LogP contribution in [0.2, 0.25) is 0 Å². The summed E-state index contributed by atoms with van der Waals surface area (Å²) in [6, 6.07) is 1.80. The maximum atomic E-state index is 3.80. The molecule has 0 saturated heterocycles. The van der Waals surface area contributed by atoms with Gasteiger partial charge in [-0.05, 0) is 56.8 Å². The number of hydrogen-bond acceptors (Lipinski definition) is 1. The zero-order valence-corrected chi connectivity index (χ0v) is 9.23. The summed E-state index contributed by atoms with van der Waals surface area (Å²) in [6.07, 6.45) is 15.0. The highest BCUT2D eigenvalue weighted by Crippen LogP contribution is 2.49. The first-order chi connectivity index (χ1) is 6.86. The predicted molar refractivity (Wildman–Crippen MR) is 59.3 cm³/mol.